The Morgan fingerprint density at radius 2 is 1.44 bits per heavy atom. The first-order chi connectivity index (χ1) is 58.9. The van der Waals surface area contributed by atoms with Crippen LogP contribution in [0.15, 0.2) is 82.7 Å². The number of unbranched alkanes of at least 4 members (excludes halogenated alkanes) is 1. The van der Waals surface area contributed by atoms with Gasteiger partial charge in [0.25, 0.3) is 17.7 Å². The fourth-order valence-corrected chi connectivity index (χ4v) is 16.1. The Labute approximate surface area is 717 Å². The summed E-state index contributed by atoms with van der Waals surface area (Å²) in [6.45, 7) is 20.0. The second-order valence-corrected chi connectivity index (χ2v) is 32.7. The van der Waals surface area contributed by atoms with Gasteiger partial charge in [0, 0.05) is 97.3 Å². The highest BCUT2D eigenvalue weighted by Crippen LogP contribution is 2.39. The number of allylic oxidation sites excluding steroid dienone is 6. The summed E-state index contributed by atoms with van der Waals surface area (Å²) < 4.78 is 85.6. The Morgan fingerprint density at radius 1 is 0.738 bits per heavy atom. The molecule has 0 radical (unpaired) electrons. The van der Waals surface area contributed by atoms with Crippen LogP contribution in [-0.2, 0) is 105 Å². The summed E-state index contributed by atoms with van der Waals surface area (Å²) in [5, 5.41) is 41.6. The molecule has 122 heavy (non-hydrogen) atoms. The number of aromatic nitrogens is 8. The number of aliphatic hydroxyl groups is 2. The summed E-state index contributed by atoms with van der Waals surface area (Å²) in [5.41, 5.74) is 18.5. The van der Waals surface area contributed by atoms with Crippen molar-refractivity contribution in [2.75, 3.05) is 158 Å². The lowest BCUT2D eigenvalue weighted by Crippen LogP contribution is -2.61. The molecule has 15 atom stereocenters. The quantitative estimate of drug-likeness (QED) is 0.0107. The van der Waals surface area contributed by atoms with E-state index in [-0.39, 0.29) is 80.6 Å². The van der Waals surface area contributed by atoms with Crippen LogP contribution < -0.4 is 21.7 Å². The lowest BCUT2D eigenvalue weighted by Gasteiger charge is -2.42. The van der Waals surface area contributed by atoms with Gasteiger partial charge in [0.05, 0.1) is 135 Å². The molecule has 3 aliphatic heterocycles. The van der Waals surface area contributed by atoms with Gasteiger partial charge in [-0.3, -0.25) is 19.2 Å². The number of oxazole rings is 1. The highest BCUT2D eigenvalue weighted by Gasteiger charge is 2.53. The number of nitrogens with one attached hydrogen (secondary N) is 1. The fraction of sp³-hybridized carbons (Fsp3) is 0.693. The smallest absolute Gasteiger partial charge is 0.329 e. The number of carbonyl (C=O) groups is 5. The van der Waals surface area contributed by atoms with Gasteiger partial charge in [-0.15, -0.1) is 5.10 Å². The predicted molar refractivity (Wildman–Crippen MR) is 456 cm³/mol. The molecule has 0 spiro atoms. The van der Waals surface area contributed by atoms with Crippen molar-refractivity contribution in [2.24, 2.45) is 35.3 Å². The molecule has 34 heteroatoms. The van der Waals surface area contributed by atoms with E-state index in [1.165, 1.54) is 7.11 Å². The Kier molecular flexibility index (Phi) is 41.0. The van der Waals surface area contributed by atoms with Gasteiger partial charge in [-0.2, -0.15) is 10.1 Å². The van der Waals surface area contributed by atoms with Gasteiger partial charge in [0.2, 0.25) is 5.79 Å². The van der Waals surface area contributed by atoms with Crippen LogP contribution in [0.4, 0.5) is 11.8 Å². The number of benzene rings is 1. The zero-order chi connectivity index (χ0) is 87.5. The second kappa shape index (κ2) is 51.0. The summed E-state index contributed by atoms with van der Waals surface area (Å²) >= 11 is 0. The molecular weight excluding hydrogens is 1580 g/mol. The number of nitrogens with two attached hydrogens (primary N) is 2. The third-order valence-corrected chi connectivity index (χ3v) is 23.1. The normalized spacial score (nSPS) is 27.2. The molecule has 4 aliphatic rings. The van der Waals surface area contributed by atoms with Gasteiger partial charge in [-0.1, -0.05) is 69.4 Å². The van der Waals surface area contributed by atoms with E-state index in [0.717, 1.165) is 70.9 Å². The van der Waals surface area contributed by atoms with Gasteiger partial charge >= 0.3 is 5.97 Å². The average Bonchev–Trinajstić information content (AvgIpc) is 1.58. The molecule has 9 rings (SSSR count). The summed E-state index contributed by atoms with van der Waals surface area (Å²) in [6.07, 6.45) is 16.5. The maximum absolute atomic E-state index is 14.7. The first kappa shape index (κ1) is 98.0. The number of nitrogens with zero attached hydrogens (tertiary/aromatic N) is 10. The van der Waals surface area contributed by atoms with Crippen molar-refractivity contribution in [2.45, 2.75) is 218 Å². The van der Waals surface area contributed by atoms with Crippen molar-refractivity contribution in [3.05, 3.63) is 84.0 Å². The summed E-state index contributed by atoms with van der Waals surface area (Å²) in [6, 6.07) is 3.74. The molecule has 3 fully saturated rings. The van der Waals surface area contributed by atoms with Crippen molar-refractivity contribution >= 4 is 63.2 Å². The molecule has 1 aliphatic carbocycles. The summed E-state index contributed by atoms with van der Waals surface area (Å²) in [4.78, 5) is 88.7. The molecule has 7 heterocycles. The minimum atomic E-state index is -2.48. The molecule has 5 aromatic rings. The number of hydrogen-bond donors (Lipinski definition) is 5. The van der Waals surface area contributed by atoms with Crippen LogP contribution in [0.5, 0.6) is 0 Å². The van der Waals surface area contributed by atoms with E-state index in [4.69, 9.17) is 82.6 Å². The number of ketones is 3. The number of methoxy groups -OCH3 is 3. The Balaban J connectivity index is 0.616. The topological polar surface area (TPSA) is 417 Å². The number of nitrogen functional groups attached to an aromatic ring is 1. The standard InChI is InChI=1S/C88H135N13O21/c1-58-20-13-12-14-21-59(2)74(109-9)53-67-26-23-63(6)88(108,122-67)82(105)85(106)100-31-17-15-22-70(100)86(107)120-75(54-71(102)60(3)49-62(5)80(104)81(111-11)79(103)61(4)48-58)68(89)50-64-24-27-73(76(51-64)110-10)119-47-46-118-56-66-55-99(97-95-66)33-35-113-37-39-115-41-43-117-45-44-116-42-40-114-38-36-112-34-19-30-91-29-16-18-32-101-84-77(83(98(7)8)92-57-93-84)78(96-101)65-25-28-72-69(52-65)94-87(90)121-72/h12-14,20-21,25,28,49,52,55,57-58,60-61,63-64,67-68,70,73-76,80-81,91,104,108H,15-19,22-24,26-27,29-48,50-51,53-54,56,89H2,1-11H3,(H2,90,94)/b14-12+,20-13+,59-21+,62-49+/t58-,60-,61-,63-,64+,67+,68-,70+,73-,74+,75+,76-,80-,81+,88-/m1/s1. The van der Waals surface area contributed by atoms with E-state index < -0.39 is 83.8 Å². The van der Waals surface area contributed by atoms with Crippen molar-refractivity contribution in [3.8, 4) is 11.3 Å². The number of cyclic esters (lactones) is 1. The molecule has 2 bridgehead atoms. The van der Waals surface area contributed by atoms with E-state index >= 15 is 0 Å². The summed E-state index contributed by atoms with van der Waals surface area (Å²) in [7, 11) is 8.48. The Morgan fingerprint density at radius 3 is 2.15 bits per heavy atom. The van der Waals surface area contributed by atoms with Gasteiger partial charge in [0.1, 0.15) is 59.2 Å². The van der Waals surface area contributed by atoms with Gasteiger partial charge in [0.15, 0.2) is 17.0 Å². The van der Waals surface area contributed by atoms with Crippen LogP contribution >= 0.6 is 0 Å². The lowest BCUT2D eigenvalue weighted by atomic mass is 9.80. The zero-order valence-corrected chi connectivity index (χ0v) is 73.5. The number of piperidine rings is 1. The number of Topliss-reactive ketones (excluding diaryl/α,β-unsaturated/α-hetero) is 3. The number of rotatable bonds is 41. The monoisotopic (exact) mass is 1710 g/mol. The molecule has 2 saturated heterocycles. The number of esters is 1. The molecule has 4 aromatic heterocycles. The number of anilines is 2. The number of ether oxygens (including phenoxy) is 13. The zero-order valence-electron chi connectivity index (χ0n) is 73.5. The lowest BCUT2D eigenvalue weighted by molar-refractivity contribution is -0.265. The molecule has 678 valence electrons. The predicted octanol–water partition coefficient (Wildman–Crippen LogP) is 7.86. The average molecular weight is 1710 g/mol. The SMILES string of the molecule is CO[C@H]1C[C@@H]2CC[C@@H](C)[C@@](O)(O2)C(=O)C(=O)N2CCCC[C@H]2C(=O)O[C@H]([C@H](N)C[C@@H]2CC[C@@H](OCCOCc3cn(CCOCCOCCOCCOCCOCCOCCCNCCCCn4nc(-c5ccc6oc(N)nc6c5)c5c(N(C)C)ncnc54)nn3)[C@H](OC)C2)CC(=O)[C@H](C)/C=C(\C)[C@@H](O)[C@@H](OC)C(=O)[C@H](C)C[C@H](C)/C=C/C=C/C=C/1C. The van der Waals surface area contributed by atoms with Crippen molar-refractivity contribution in [1.82, 2.24) is 49.9 Å². The highest BCUT2D eigenvalue weighted by atomic mass is 16.6. The first-order valence-electron chi connectivity index (χ1n) is 43.5. The Hall–Kier alpha value is -7.75. The highest BCUT2D eigenvalue weighted by molar-refractivity contribution is 6.39. The third-order valence-electron chi connectivity index (χ3n) is 23.1. The number of aliphatic hydroxyl groups excluding tert-OH is 1. The van der Waals surface area contributed by atoms with E-state index in [0.29, 0.717) is 179 Å². The van der Waals surface area contributed by atoms with Crippen molar-refractivity contribution in [1.29, 1.82) is 0 Å². The van der Waals surface area contributed by atoms with Crippen LogP contribution in [0, 0.1) is 29.6 Å². The molecule has 1 aromatic carbocycles. The number of aryl methyl sites for hydroxylation is 1. The van der Waals surface area contributed by atoms with Crippen molar-refractivity contribution < 1.29 is 100 Å². The van der Waals surface area contributed by atoms with Crippen LogP contribution in [0.2, 0.25) is 0 Å². The van der Waals surface area contributed by atoms with E-state index in [1.807, 2.05) is 92.3 Å². The molecular formula is C88H135N13O21. The van der Waals surface area contributed by atoms with Crippen molar-refractivity contribution in [3.63, 3.8) is 0 Å². The van der Waals surface area contributed by atoms with Crippen LogP contribution in [-0.4, -0.2) is 292 Å². The number of amides is 1. The van der Waals surface area contributed by atoms with E-state index in [1.54, 1.807) is 59.0 Å². The third kappa shape index (κ3) is 29.4. The van der Waals surface area contributed by atoms with Gasteiger partial charge in [-0.05, 0) is 152 Å². The maximum atomic E-state index is 14.7. The molecule has 0 unspecified atom stereocenters. The molecule has 1 amide bonds. The number of hydrogen-bond acceptors (Lipinski definition) is 31. The number of fused-ring (bicyclic) bond motifs is 5. The number of carbonyl (C=O) groups excluding carboxylic acids is 5. The minimum Gasteiger partial charge on any atom is -0.459 e. The molecule has 34 nitrogen and oxygen atoms in total. The van der Waals surface area contributed by atoms with E-state index in [9.17, 15) is 34.2 Å². The maximum Gasteiger partial charge on any atom is 0.329 e. The summed E-state index contributed by atoms with van der Waals surface area (Å²) in [5.74, 6) is -7.56. The fourth-order valence-electron chi connectivity index (χ4n) is 16.1. The largest absolute Gasteiger partial charge is 0.459 e. The van der Waals surface area contributed by atoms with Gasteiger partial charge < -0.3 is 103 Å². The van der Waals surface area contributed by atoms with E-state index in [2.05, 4.69) is 30.6 Å². The molecule has 7 N–H and O–H groups in total. The van der Waals surface area contributed by atoms with Crippen LogP contribution in [0.1, 0.15) is 144 Å². The molecule has 1 saturated carbocycles. The van der Waals surface area contributed by atoms with Gasteiger partial charge in [-0.25, -0.2) is 24.1 Å². The van der Waals surface area contributed by atoms with Crippen LogP contribution in [0.25, 0.3) is 33.4 Å². The van der Waals surface area contributed by atoms with Crippen LogP contribution in [0.3, 0.4) is 0 Å². The minimum absolute atomic E-state index is 0.0164. The second-order valence-electron chi connectivity index (χ2n) is 32.7. The Bertz CT molecular complexity index is 4170. The first-order valence-corrected chi connectivity index (χ1v) is 43.5.